The van der Waals surface area contributed by atoms with E-state index in [9.17, 15) is 10.1 Å². The molecule has 0 saturated carbocycles. The largest absolute Gasteiger partial charge is 0.493 e. The van der Waals surface area contributed by atoms with Crippen molar-refractivity contribution in [2.24, 2.45) is 0 Å². The highest BCUT2D eigenvalue weighted by atomic mass is 79.9. The van der Waals surface area contributed by atoms with Crippen LogP contribution in [0.5, 0.6) is 11.5 Å². The van der Waals surface area contributed by atoms with Crippen molar-refractivity contribution in [3.05, 3.63) is 102 Å². The number of hydrogen-bond donors (Lipinski definition) is 0. The number of ether oxygens (including phenoxy) is 2. The fourth-order valence-electron chi connectivity index (χ4n) is 3.86. The van der Waals surface area contributed by atoms with Crippen molar-refractivity contribution in [3.8, 4) is 17.2 Å². The van der Waals surface area contributed by atoms with Crippen LogP contribution in [0.15, 0.2) is 68.7 Å². The van der Waals surface area contributed by atoms with Gasteiger partial charge in [-0.25, -0.2) is 0 Å². The molecule has 0 aliphatic heterocycles. The first-order valence-electron chi connectivity index (χ1n) is 11.7. The van der Waals surface area contributed by atoms with E-state index in [0.29, 0.717) is 39.1 Å². The minimum absolute atomic E-state index is 0.307. The van der Waals surface area contributed by atoms with Gasteiger partial charge in [0.25, 0.3) is 0 Å². The molecule has 3 aromatic carbocycles. The van der Waals surface area contributed by atoms with Gasteiger partial charge in [-0.05, 0) is 95.4 Å². The Morgan fingerprint density at radius 3 is 2.42 bits per heavy atom. The second kappa shape index (κ2) is 12.3. The summed E-state index contributed by atoms with van der Waals surface area (Å²) in [7, 11) is 1.55. The lowest BCUT2D eigenvalue weighted by Gasteiger charge is -2.18. The molecule has 0 unspecified atom stereocenters. The number of hydrogen-bond acceptors (Lipinski definition) is 7. The van der Waals surface area contributed by atoms with Gasteiger partial charge in [0.2, 0.25) is 6.54 Å². The molecule has 198 valence electrons. The average Bonchev–Trinajstić information content (AvgIpc) is 3.24. The highest BCUT2D eigenvalue weighted by molar-refractivity contribution is 9.10. The van der Waals surface area contributed by atoms with Crippen LogP contribution in [0, 0.1) is 30.9 Å². The molecule has 1 heterocycles. The van der Waals surface area contributed by atoms with Crippen LogP contribution in [0.1, 0.15) is 33.3 Å². The fourth-order valence-corrected chi connectivity index (χ4v) is 5.85. The summed E-state index contributed by atoms with van der Waals surface area (Å²) in [4.78, 5) is 11.4. The summed E-state index contributed by atoms with van der Waals surface area (Å²) in [6, 6.07) is 17.6. The molecule has 1 atom stereocenters. The van der Waals surface area contributed by atoms with Crippen LogP contribution >= 0.6 is 43.6 Å². The standard InChI is InChI=1S/C27H26Br2N4O4S/c1-16-5-10-22(11-17(16)2)33-18(3)30-31-27(33)38-25(14-32(34)35)20-12-23(29)26(24(13-20)36-4)37-15-19-6-8-21(28)9-7-19/h5-13,25H,14-15H2,1-4H3/t25-/m1/s1. The summed E-state index contributed by atoms with van der Waals surface area (Å²) in [6.07, 6.45) is 0. The summed E-state index contributed by atoms with van der Waals surface area (Å²) < 4.78 is 15.2. The van der Waals surface area contributed by atoms with Crippen molar-refractivity contribution < 1.29 is 14.4 Å². The molecule has 1 aromatic heterocycles. The zero-order chi connectivity index (χ0) is 27.4. The van der Waals surface area contributed by atoms with Crippen LogP contribution in [-0.4, -0.2) is 33.3 Å². The summed E-state index contributed by atoms with van der Waals surface area (Å²) in [5.74, 6) is 1.71. The average molecular weight is 662 g/mol. The van der Waals surface area contributed by atoms with E-state index in [1.54, 1.807) is 13.2 Å². The number of nitro groups is 1. The molecule has 0 spiro atoms. The molecule has 0 bridgehead atoms. The van der Waals surface area contributed by atoms with Gasteiger partial charge >= 0.3 is 0 Å². The molecule has 0 aliphatic carbocycles. The Labute approximate surface area is 242 Å². The Balaban J connectivity index is 1.65. The molecule has 0 aliphatic rings. The van der Waals surface area contributed by atoms with Crippen LogP contribution < -0.4 is 9.47 Å². The molecule has 4 aromatic rings. The lowest BCUT2D eigenvalue weighted by atomic mass is 10.1. The van der Waals surface area contributed by atoms with E-state index in [0.717, 1.165) is 21.3 Å². The topological polar surface area (TPSA) is 92.3 Å². The first-order chi connectivity index (χ1) is 18.2. The quantitative estimate of drug-likeness (QED) is 0.0992. The van der Waals surface area contributed by atoms with Crippen molar-refractivity contribution in [2.75, 3.05) is 13.7 Å². The Morgan fingerprint density at radius 1 is 1.03 bits per heavy atom. The Kier molecular flexibility index (Phi) is 9.11. The van der Waals surface area contributed by atoms with Crippen molar-refractivity contribution >= 4 is 43.6 Å². The second-order valence-corrected chi connectivity index (χ2v) is 11.6. The highest BCUT2D eigenvalue weighted by Crippen LogP contribution is 2.43. The Bertz CT molecular complexity index is 1460. The van der Waals surface area contributed by atoms with Gasteiger partial charge in [-0.3, -0.25) is 14.7 Å². The maximum atomic E-state index is 11.7. The number of benzene rings is 3. The molecule has 4 rings (SSSR count). The molecule has 0 radical (unpaired) electrons. The Morgan fingerprint density at radius 2 is 1.76 bits per heavy atom. The number of thioether (sulfide) groups is 1. The SMILES string of the molecule is COc1cc([C@@H](C[N+](=O)[O-])Sc2nnc(C)n2-c2ccc(C)c(C)c2)cc(Br)c1OCc1ccc(Br)cc1. The van der Waals surface area contributed by atoms with E-state index >= 15 is 0 Å². The smallest absolute Gasteiger partial charge is 0.220 e. The van der Waals surface area contributed by atoms with Gasteiger partial charge in [0.1, 0.15) is 17.7 Å². The first kappa shape index (κ1) is 28.1. The Hall–Kier alpha value is -2.89. The van der Waals surface area contributed by atoms with E-state index in [1.807, 2.05) is 60.9 Å². The maximum absolute atomic E-state index is 11.7. The first-order valence-corrected chi connectivity index (χ1v) is 14.2. The minimum Gasteiger partial charge on any atom is -0.493 e. The lowest BCUT2D eigenvalue weighted by molar-refractivity contribution is -0.479. The third-order valence-corrected chi connectivity index (χ3v) is 8.32. The van der Waals surface area contributed by atoms with E-state index in [1.165, 1.54) is 17.3 Å². The van der Waals surface area contributed by atoms with Gasteiger partial charge in [-0.1, -0.05) is 45.9 Å². The fraction of sp³-hybridized carbons (Fsp3) is 0.259. The monoisotopic (exact) mass is 660 g/mol. The highest BCUT2D eigenvalue weighted by Gasteiger charge is 2.26. The predicted octanol–water partition coefficient (Wildman–Crippen LogP) is 7.42. The van der Waals surface area contributed by atoms with Gasteiger partial charge in [0, 0.05) is 15.1 Å². The van der Waals surface area contributed by atoms with E-state index < -0.39 is 5.25 Å². The van der Waals surface area contributed by atoms with Crippen LogP contribution in [0.2, 0.25) is 0 Å². The molecule has 0 saturated heterocycles. The molecule has 11 heteroatoms. The van der Waals surface area contributed by atoms with E-state index in [4.69, 9.17) is 9.47 Å². The van der Waals surface area contributed by atoms with Crippen LogP contribution in [0.3, 0.4) is 0 Å². The summed E-state index contributed by atoms with van der Waals surface area (Å²) in [5, 5.41) is 20.3. The van der Waals surface area contributed by atoms with E-state index in [-0.39, 0.29) is 11.5 Å². The maximum Gasteiger partial charge on any atom is 0.220 e. The molecule has 0 amide bonds. The van der Waals surface area contributed by atoms with Gasteiger partial charge in [-0.2, -0.15) is 0 Å². The molecular weight excluding hydrogens is 636 g/mol. The van der Waals surface area contributed by atoms with Crippen LogP contribution in [-0.2, 0) is 6.61 Å². The number of aromatic nitrogens is 3. The summed E-state index contributed by atoms with van der Waals surface area (Å²) in [6.45, 7) is 6.00. The van der Waals surface area contributed by atoms with Gasteiger partial charge in [0.05, 0.1) is 11.6 Å². The number of rotatable bonds is 10. The van der Waals surface area contributed by atoms with Crippen molar-refractivity contribution in [3.63, 3.8) is 0 Å². The van der Waals surface area contributed by atoms with Crippen molar-refractivity contribution in [2.45, 2.75) is 37.8 Å². The zero-order valence-corrected chi connectivity index (χ0v) is 25.3. The normalized spacial score (nSPS) is 11.8. The third-order valence-electron chi connectivity index (χ3n) is 6.03. The van der Waals surface area contributed by atoms with Crippen LogP contribution in [0.25, 0.3) is 5.69 Å². The summed E-state index contributed by atoms with van der Waals surface area (Å²) in [5.41, 5.74) is 4.93. The number of nitrogens with zero attached hydrogens (tertiary/aromatic N) is 4. The van der Waals surface area contributed by atoms with Crippen molar-refractivity contribution in [1.29, 1.82) is 0 Å². The van der Waals surface area contributed by atoms with Gasteiger partial charge in [-0.15, -0.1) is 10.2 Å². The number of aryl methyl sites for hydroxylation is 3. The van der Waals surface area contributed by atoms with Crippen LogP contribution in [0.4, 0.5) is 0 Å². The number of halogens is 2. The van der Waals surface area contributed by atoms with E-state index in [2.05, 4.69) is 55.0 Å². The molecular formula is C27H26Br2N4O4S. The van der Waals surface area contributed by atoms with Crippen molar-refractivity contribution in [1.82, 2.24) is 14.8 Å². The number of methoxy groups -OCH3 is 1. The minimum atomic E-state index is -0.551. The molecule has 0 fully saturated rings. The molecule has 0 N–H and O–H groups in total. The lowest BCUT2D eigenvalue weighted by Crippen LogP contribution is -2.12. The predicted molar refractivity (Wildman–Crippen MR) is 155 cm³/mol. The molecule has 8 nitrogen and oxygen atoms in total. The zero-order valence-electron chi connectivity index (χ0n) is 21.3. The molecule has 38 heavy (non-hydrogen) atoms. The summed E-state index contributed by atoms with van der Waals surface area (Å²) >= 11 is 8.32. The van der Waals surface area contributed by atoms with Gasteiger partial charge in [0.15, 0.2) is 16.7 Å². The van der Waals surface area contributed by atoms with Gasteiger partial charge < -0.3 is 9.47 Å². The third kappa shape index (κ3) is 6.57. The second-order valence-electron chi connectivity index (χ2n) is 8.70.